The highest BCUT2D eigenvalue weighted by Crippen LogP contribution is 2.58. The van der Waals surface area contributed by atoms with Crippen molar-refractivity contribution in [1.29, 1.82) is 0 Å². The van der Waals surface area contributed by atoms with E-state index in [1.165, 1.54) is 13.8 Å². The van der Waals surface area contributed by atoms with Crippen LogP contribution in [0.4, 0.5) is 0 Å². The first-order valence-electron chi connectivity index (χ1n) is 7.68. The summed E-state index contributed by atoms with van der Waals surface area (Å²) in [6.07, 6.45) is 0.826. The third kappa shape index (κ3) is 2.71. The number of ether oxygens (including phenoxy) is 2. The fraction of sp³-hybridized carbons (Fsp3) is 0.812. The van der Waals surface area contributed by atoms with Crippen LogP contribution in [0.25, 0.3) is 0 Å². The van der Waals surface area contributed by atoms with Crippen molar-refractivity contribution in [2.75, 3.05) is 0 Å². The van der Waals surface area contributed by atoms with Gasteiger partial charge in [0.15, 0.2) is 0 Å². The molecule has 6 nitrogen and oxygen atoms in total. The molecule has 0 heterocycles. The number of esters is 2. The first-order valence-corrected chi connectivity index (χ1v) is 7.68. The van der Waals surface area contributed by atoms with Crippen molar-refractivity contribution in [2.45, 2.75) is 65.6 Å². The van der Waals surface area contributed by atoms with Crippen LogP contribution >= 0.6 is 0 Å². The van der Waals surface area contributed by atoms with Crippen LogP contribution in [0.1, 0.15) is 53.4 Å². The zero-order valence-corrected chi connectivity index (χ0v) is 13.5. The summed E-state index contributed by atoms with van der Waals surface area (Å²) in [7, 11) is 0. The molecule has 0 amide bonds. The topological polar surface area (TPSA) is 89.9 Å². The van der Waals surface area contributed by atoms with Crippen molar-refractivity contribution < 1.29 is 29.0 Å². The molecule has 2 saturated carbocycles. The molecule has 124 valence electrons. The molecule has 0 spiro atoms. The summed E-state index contributed by atoms with van der Waals surface area (Å²) in [4.78, 5) is 34.8. The van der Waals surface area contributed by atoms with Gasteiger partial charge >= 0.3 is 17.9 Å². The molecule has 0 aromatic heterocycles. The van der Waals surface area contributed by atoms with E-state index in [0.717, 1.165) is 0 Å². The van der Waals surface area contributed by atoms with Gasteiger partial charge in [-0.1, -0.05) is 13.8 Å². The predicted octanol–water partition coefficient (Wildman–Crippen LogP) is 2.15. The number of hydrogen-bond acceptors (Lipinski definition) is 5. The molecule has 0 aromatic rings. The molecular formula is C16H24O6. The van der Waals surface area contributed by atoms with Crippen LogP contribution in [0.5, 0.6) is 0 Å². The smallest absolute Gasteiger partial charge is 0.313 e. The Hall–Kier alpha value is -1.59. The lowest BCUT2D eigenvalue weighted by atomic mass is 9.51. The van der Waals surface area contributed by atoms with E-state index in [9.17, 15) is 19.5 Å². The second-order valence-electron chi connectivity index (χ2n) is 7.19. The summed E-state index contributed by atoms with van der Waals surface area (Å²) in [5.74, 6) is -2.13. The Morgan fingerprint density at radius 3 is 2.09 bits per heavy atom. The molecule has 1 unspecified atom stereocenters. The second-order valence-corrected chi connectivity index (χ2v) is 7.19. The molecule has 22 heavy (non-hydrogen) atoms. The lowest BCUT2D eigenvalue weighted by molar-refractivity contribution is -0.218. The predicted molar refractivity (Wildman–Crippen MR) is 76.9 cm³/mol. The zero-order valence-electron chi connectivity index (χ0n) is 13.5. The van der Waals surface area contributed by atoms with E-state index in [-0.39, 0.29) is 11.3 Å². The van der Waals surface area contributed by atoms with Gasteiger partial charge in [0.2, 0.25) is 0 Å². The average molecular weight is 312 g/mol. The van der Waals surface area contributed by atoms with Gasteiger partial charge in [0.1, 0.15) is 17.6 Å². The van der Waals surface area contributed by atoms with Gasteiger partial charge in [0.05, 0.1) is 0 Å². The maximum atomic E-state index is 11.9. The molecule has 0 saturated heterocycles. The third-order valence-electron chi connectivity index (χ3n) is 5.30. The van der Waals surface area contributed by atoms with Gasteiger partial charge in [-0.25, -0.2) is 0 Å². The highest BCUT2D eigenvalue weighted by molar-refractivity contribution is 5.77. The molecule has 6 heteroatoms. The molecule has 0 radical (unpaired) electrons. The van der Waals surface area contributed by atoms with E-state index in [0.29, 0.717) is 25.7 Å². The first-order chi connectivity index (χ1) is 10.1. The highest BCUT2D eigenvalue weighted by Gasteiger charge is 2.63. The number of carboxylic acids is 1. The summed E-state index contributed by atoms with van der Waals surface area (Å²) >= 11 is 0. The van der Waals surface area contributed by atoms with E-state index >= 15 is 0 Å². The number of fused-ring (bicyclic) bond motifs is 2. The summed E-state index contributed by atoms with van der Waals surface area (Å²) in [6.45, 7) is 6.66. The van der Waals surface area contributed by atoms with Gasteiger partial charge in [0.25, 0.3) is 0 Å². The van der Waals surface area contributed by atoms with Gasteiger partial charge in [-0.3, -0.25) is 14.4 Å². The van der Waals surface area contributed by atoms with Crippen molar-refractivity contribution in [2.24, 2.45) is 16.7 Å². The fourth-order valence-electron chi connectivity index (χ4n) is 4.20. The molecule has 0 aliphatic heterocycles. The number of carbonyl (C=O) groups excluding carboxylic acids is 2. The monoisotopic (exact) mass is 312 g/mol. The largest absolute Gasteiger partial charge is 0.481 e. The van der Waals surface area contributed by atoms with Crippen LogP contribution in [0.15, 0.2) is 0 Å². The molecule has 2 aliphatic carbocycles. The molecular weight excluding hydrogens is 288 g/mol. The molecule has 1 N–H and O–H groups in total. The van der Waals surface area contributed by atoms with Gasteiger partial charge in [0, 0.05) is 19.8 Å². The van der Waals surface area contributed by atoms with Crippen molar-refractivity contribution in [3.05, 3.63) is 0 Å². The number of rotatable bonds is 3. The van der Waals surface area contributed by atoms with Crippen molar-refractivity contribution >= 4 is 17.9 Å². The Morgan fingerprint density at radius 2 is 1.59 bits per heavy atom. The minimum Gasteiger partial charge on any atom is -0.481 e. The quantitative estimate of drug-likeness (QED) is 0.803. The summed E-state index contributed by atoms with van der Waals surface area (Å²) in [5.41, 5.74) is -1.33. The minimum absolute atomic E-state index is 0.264. The molecule has 2 rings (SSSR count). The fourth-order valence-corrected chi connectivity index (χ4v) is 4.20. The standard InChI is InChI=1S/C16H24O6/c1-9(17)21-11-5-6-16(14(19)20)8-7-15(3,4)12(11)13(16)22-10(2)18/h11-13H,5-8H2,1-4H3,(H,19,20)/t11-,12+,13?,16-/m1/s1. The molecule has 2 bridgehead atoms. The molecule has 2 aliphatic rings. The normalized spacial score (nSPS) is 36.3. The SMILES string of the molecule is CC(=O)OC1[C@@H]2[C@H](OC(C)=O)CC[C@@]1(C(=O)O)CCC2(C)C. The second kappa shape index (κ2) is 5.56. The lowest BCUT2D eigenvalue weighted by Gasteiger charge is -2.56. The first kappa shape index (κ1) is 16.8. The van der Waals surface area contributed by atoms with Crippen LogP contribution in [0.2, 0.25) is 0 Å². The molecule has 2 fully saturated rings. The Balaban J connectivity index is 2.45. The Kier molecular flexibility index (Phi) is 4.24. The molecule has 4 atom stereocenters. The number of carbonyl (C=O) groups is 3. The van der Waals surface area contributed by atoms with Crippen LogP contribution in [-0.4, -0.2) is 35.2 Å². The van der Waals surface area contributed by atoms with E-state index in [1.807, 2.05) is 13.8 Å². The average Bonchev–Trinajstić information content (AvgIpc) is 2.34. The maximum Gasteiger partial charge on any atom is 0.313 e. The van der Waals surface area contributed by atoms with E-state index in [1.54, 1.807) is 0 Å². The van der Waals surface area contributed by atoms with Crippen molar-refractivity contribution in [1.82, 2.24) is 0 Å². The number of carboxylic acid groups (broad SMARTS) is 1. The maximum absolute atomic E-state index is 11.9. The number of aliphatic carboxylic acids is 1. The Labute approximate surface area is 130 Å². The van der Waals surface area contributed by atoms with Crippen LogP contribution in [0.3, 0.4) is 0 Å². The van der Waals surface area contributed by atoms with Crippen LogP contribution < -0.4 is 0 Å². The Morgan fingerprint density at radius 1 is 1.00 bits per heavy atom. The van der Waals surface area contributed by atoms with Gasteiger partial charge in [-0.15, -0.1) is 0 Å². The van der Waals surface area contributed by atoms with Crippen molar-refractivity contribution in [3.63, 3.8) is 0 Å². The summed E-state index contributed by atoms with van der Waals surface area (Å²) < 4.78 is 10.9. The third-order valence-corrected chi connectivity index (χ3v) is 5.30. The van der Waals surface area contributed by atoms with E-state index in [4.69, 9.17) is 9.47 Å². The van der Waals surface area contributed by atoms with Gasteiger partial charge < -0.3 is 14.6 Å². The van der Waals surface area contributed by atoms with E-state index < -0.39 is 35.5 Å². The zero-order chi connectivity index (χ0) is 16.7. The summed E-state index contributed by atoms with van der Waals surface area (Å²) in [5, 5.41) is 9.76. The lowest BCUT2D eigenvalue weighted by Crippen LogP contribution is -2.63. The Bertz CT molecular complexity index is 497. The van der Waals surface area contributed by atoms with Gasteiger partial charge in [-0.05, 0) is 31.1 Å². The van der Waals surface area contributed by atoms with E-state index in [2.05, 4.69) is 0 Å². The van der Waals surface area contributed by atoms with Crippen LogP contribution in [0, 0.1) is 16.7 Å². The number of hydrogen-bond donors (Lipinski definition) is 1. The summed E-state index contributed by atoms with van der Waals surface area (Å²) in [6, 6.07) is 0. The van der Waals surface area contributed by atoms with Gasteiger partial charge in [-0.2, -0.15) is 0 Å². The van der Waals surface area contributed by atoms with Crippen LogP contribution in [-0.2, 0) is 23.9 Å². The van der Waals surface area contributed by atoms with Crippen molar-refractivity contribution in [3.8, 4) is 0 Å². The molecule has 0 aromatic carbocycles. The highest BCUT2D eigenvalue weighted by atomic mass is 16.6. The minimum atomic E-state index is -1.07.